The third kappa shape index (κ3) is 1.86. The predicted octanol–water partition coefficient (Wildman–Crippen LogP) is 2.39. The van der Waals surface area contributed by atoms with Crippen LogP contribution in [0.25, 0.3) is 5.69 Å². The summed E-state index contributed by atoms with van der Waals surface area (Å²) in [5.74, 6) is 0.687. The van der Waals surface area contributed by atoms with Gasteiger partial charge in [-0.25, -0.2) is 4.68 Å². The third-order valence-electron chi connectivity index (χ3n) is 3.11. The SMILES string of the molecule is COc1ccc(-n2nc(C)c(C)c2C)cc1N. The van der Waals surface area contributed by atoms with Gasteiger partial charge in [0.2, 0.25) is 0 Å². The lowest BCUT2D eigenvalue weighted by Gasteiger charge is -2.08. The van der Waals surface area contributed by atoms with Crippen LogP contribution in [-0.4, -0.2) is 16.9 Å². The molecule has 0 aliphatic heterocycles. The summed E-state index contributed by atoms with van der Waals surface area (Å²) in [6.07, 6.45) is 0. The van der Waals surface area contributed by atoms with E-state index in [2.05, 4.69) is 18.9 Å². The zero-order chi connectivity index (χ0) is 12.6. The Morgan fingerprint density at radius 3 is 2.41 bits per heavy atom. The van der Waals surface area contributed by atoms with E-state index >= 15 is 0 Å². The highest BCUT2D eigenvalue weighted by Crippen LogP contribution is 2.25. The Kier molecular flexibility index (Phi) is 2.79. The van der Waals surface area contributed by atoms with Crippen molar-refractivity contribution in [2.24, 2.45) is 0 Å². The topological polar surface area (TPSA) is 53.1 Å². The number of anilines is 1. The van der Waals surface area contributed by atoms with E-state index in [1.165, 1.54) is 5.56 Å². The van der Waals surface area contributed by atoms with Crippen LogP contribution in [0.4, 0.5) is 5.69 Å². The summed E-state index contributed by atoms with van der Waals surface area (Å²) in [6.45, 7) is 6.13. The first-order chi connectivity index (χ1) is 8.04. The third-order valence-corrected chi connectivity index (χ3v) is 3.11. The fourth-order valence-electron chi connectivity index (χ4n) is 1.83. The molecule has 0 atom stereocenters. The summed E-state index contributed by atoms with van der Waals surface area (Å²) in [6, 6.07) is 5.68. The van der Waals surface area contributed by atoms with E-state index in [9.17, 15) is 0 Å². The molecule has 4 nitrogen and oxygen atoms in total. The molecule has 1 heterocycles. The minimum absolute atomic E-state index is 0.621. The van der Waals surface area contributed by atoms with Crippen molar-refractivity contribution in [3.8, 4) is 11.4 Å². The molecule has 4 heteroatoms. The van der Waals surface area contributed by atoms with Gasteiger partial charge in [-0.15, -0.1) is 0 Å². The normalized spacial score (nSPS) is 10.6. The molecular weight excluding hydrogens is 214 g/mol. The Morgan fingerprint density at radius 1 is 1.24 bits per heavy atom. The second kappa shape index (κ2) is 4.13. The first-order valence-electron chi connectivity index (χ1n) is 5.51. The average molecular weight is 231 g/mol. The van der Waals surface area contributed by atoms with Gasteiger partial charge in [0, 0.05) is 5.69 Å². The molecule has 0 bridgehead atoms. The maximum Gasteiger partial charge on any atom is 0.141 e. The highest BCUT2D eigenvalue weighted by Gasteiger charge is 2.10. The van der Waals surface area contributed by atoms with Crippen molar-refractivity contribution in [1.29, 1.82) is 0 Å². The highest BCUT2D eigenvalue weighted by atomic mass is 16.5. The Bertz CT molecular complexity index is 558. The van der Waals surface area contributed by atoms with E-state index < -0.39 is 0 Å². The summed E-state index contributed by atoms with van der Waals surface area (Å²) in [5, 5.41) is 4.50. The lowest BCUT2D eigenvalue weighted by molar-refractivity contribution is 0.417. The van der Waals surface area contributed by atoms with E-state index in [0.717, 1.165) is 17.1 Å². The Labute approximate surface area is 101 Å². The molecular formula is C13H17N3O. The lowest BCUT2D eigenvalue weighted by Crippen LogP contribution is -2.01. The van der Waals surface area contributed by atoms with Crippen LogP contribution >= 0.6 is 0 Å². The summed E-state index contributed by atoms with van der Waals surface area (Å²) in [7, 11) is 1.61. The largest absolute Gasteiger partial charge is 0.495 e. The van der Waals surface area contributed by atoms with E-state index in [1.807, 2.05) is 29.8 Å². The van der Waals surface area contributed by atoms with E-state index in [4.69, 9.17) is 10.5 Å². The minimum Gasteiger partial charge on any atom is -0.495 e. The van der Waals surface area contributed by atoms with Crippen molar-refractivity contribution in [3.05, 3.63) is 35.2 Å². The summed E-state index contributed by atoms with van der Waals surface area (Å²) >= 11 is 0. The highest BCUT2D eigenvalue weighted by molar-refractivity contribution is 5.58. The fraction of sp³-hybridized carbons (Fsp3) is 0.308. The number of methoxy groups -OCH3 is 1. The van der Waals surface area contributed by atoms with Gasteiger partial charge in [0.15, 0.2) is 0 Å². The number of nitrogens with two attached hydrogens (primary N) is 1. The van der Waals surface area contributed by atoms with Crippen LogP contribution in [-0.2, 0) is 0 Å². The molecule has 0 amide bonds. The predicted molar refractivity (Wildman–Crippen MR) is 68.7 cm³/mol. The molecule has 0 fully saturated rings. The summed E-state index contributed by atoms with van der Waals surface area (Å²) in [5.41, 5.74) is 10.9. The van der Waals surface area contributed by atoms with Crippen molar-refractivity contribution in [1.82, 2.24) is 9.78 Å². The van der Waals surface area contributed by atoms with Crippen molar-refractivity contribution in [2.75, 3.05) is 12.8 Å². The van der Waals surface area contributed by atoms with Gasteiger partial charge in [0.1, 0.15) is 5.75 Å². The molecule has 0 aliphatic carbocycles. The van der Waals surface area contributed by atoms with E-state index in [1.54, 1.807) is 7.11 Å². The number of nitrogen functional groups attached to an aromatic ring is 1. The number of benzene rings is 1. The quantitative estimate of drug-likeness (QED) is 0.807. The Balaban J connectivity index is 2.53. The zero-order valence-corrected chi connectivity index (χ0v) is 10.6. The molecule has 1 aromatic heterocycles. The average Bonchev–Trinajstić information content (AvgIpc) is 2.57. The molecule has 17 heavy (non-hydrogen) atoms. The molecule has 2 aromatic rings. The summed E-state index contributed by atoms with van der Waals surface area (Å²) in [4.78, 5) is 0. The van der Waals surface area contributed by atoms with Crippen molar-refractivity contribution in [3.63, 3.8) is 0 Å². The summed E-state index contributed by atoms with van der Waals surface area (Å²) < 4.78 is 7.04. The van der Waals surface area contributed by atoms with Gasteiger partial charge >= 0.3 is 0 Å². The smallest absolute Gasteiger partial charge is 0.141 e. The Hall–Kier alpha value is -1.97. The molecule has 2 rings (SSSR count). The van der Waals surface area contributed by atoms with Crippen LogP contribution in [0, 0.1) is 20.8 Å². The minimum atomic E-state index is 0.621. The van der Waals surface area contributed by atoms with E-state index in [-0.39, 0.29) is 0 Å². The number of hydrogen-bond donors (Lipinski definition) is 1. The molecule has 0 saturated carbocycles. The Morgan fingerprint density at radius 2 is 1.94 bits per heavy atom. The first-order valence-corrected chi connectivity index (χ1v) is 5.51. The van der Waals surface area contributed by atoms with Gasteiger partial charge in [-0.2, -0.15) is 5.10 Å². The van der Waals surface area contributed by atoms with Crippen LogP contribution < -0.4 is 10.5 Å². The van der Waals surface area contributed by atoms with Crippen LogP contribution in [0.3, 0.4) is 0 Å². The van der Waals surface area contributed by atoms with Gasteiger partial charge in [0.25, 0.3) is 0 Å². The number of nitrogens with zero attached hydrogens (tertiary/aromatic N) is 2. The fourth-order valence-corrected chi connectivity index (χ4v) is 1.83. The van der Waals surface area contributed by atoms with Gasteiger partial charge in [0.05, 0.1) is 24.2 Å². The second-order valence-corrected chi connectivity index (χ2v) is 4.13. The first kappa shape index (κ1) is 11.5. The zero-order valence-electron chi connectivity index (χ0n) is 10.6. The monoisotopic (exact) mass is 231 g/mol. The van der Waals surface area contributed by atoms with Gasteiger partial charge < -0.3 is 10.5 Å². The lowest BCUT2D eigenvalue weighted by atomic mass is 10.2. The van der Waals surface area contributed by atoms with Gasteiger partial charge in [-0.05, 0) is 44.5 Å². The number of hydrogen-bond acceptors (Lipinski definition) is 3. The van der Waals surface area contributed by atoms with Crippen LogP contribution in [0.1, 0.15) is 17.0 Å². The molecule has 0 saturated heterocycles. The maximum atomic E-state index is 5.90. The van der Waals surface area contributed by atoms with Crippen molar-refractivity contribution in [2.45, 2.75) is 20.8 Å². The van der Waals surface area contributed by atoms with Gasteiger partial charge in [-0.1, -0.05) is 0 Å². The molecule has 2 N–H and O–H groups in total. The molecule has 90 valence electrons. The molecule has 0 spiro atoms. The standard InChI is InChI=1S/C13H17N3O/c1-8-9(2)15-16(10(8)3)11-5-6-13(17-4)12(14)7-11/h5-7H,14H2,1-4H3. The van der Waals surface area contributed by atoms with Crippen molar-refractivity contribution < 1.29 is 4.74 Å². The number of aryl methyl sites for hydroxylation is 1. The van der Waals surface area contributed by atoms with Gasteiger partial charge in [-0.3, -0.25) is 0 Å². The molecule has 0 aliphatic rings. The number of ether oxygens (including phenoxy) is 1. The van der Waals surface area contributed by atoms with Crippen LogP contribution in [0.5, 0.6) is 5.75 Å². The van der Waals surface area contributed by atoms with Crippen molar-refractivity contribution >= 4 is 5.69 Å². The van der Waals surface area contributed by atoms with E-state index in [0.29, 0.717) is 11.4 Å². The number of rotatable bonds is 2. The van der Waals surface area contributed by atoms with Crippen LogP contribution in [0.15, 0.2) is 18.2 Å². The maximum absolute atomic E-state index is 5.90. The number of aromatic nitrogens is 2. The molecule has 0 radical (unpaired) electrons. The molecule has 1 aromatic carbocycles. The second-order valence-electron chi connectivity index (χ2n) is 4.13. The van der Waals surface area contributed by atoms with Crippen LogP contribution in [0.2, 0.25) is 0 Å². The molecule has 0 unspecified atom stereocenters.